The fraction of sp³-hybridized carbons (Fsp3) is 0.250. The number of nitrogens with one attached hydrogen (secondary N) is 1. The van der Waals surface area contributed by atoms with Crippen molar-refractivity contribution in [3.63, 3.8) is 0 Å². The van der Waals surface area contributed by atoms with Gasteiger partial charge in [-0.3, -0.25) is 4.79 Å². The van der Waals surface area contributed by atoms with E-state index in [4.69, 9.17) is 21.1 Å². The van der Waals surface area contributed by atoms with E-state index in [0.29, 0.717) is 29.7 Å². The van der Waals surface area contributed by atoms with Gasteiger partial charge in [-0.1, -0.05) is 41.9 Å². The minimum absolute atomic E-state index is 0.152. The lowest BCUT2D eigenvalue weighted by Crippen LogP contribution is -2.23. The molecule has 0 atom stereocenters. The third-order valence-electron chi connectivity index (χ3n) is 3.52. The van der Waals surface area contributed by atoms with Crippen LogP contribution in [0.15, 0.2) is 48.5 Å². The molecular formula is C20H22ClNO3. The molecule has 4 nitrogen and oxygen atoms in total. The second-order valence-electron chi connectivity index (χ2n) is 5.33. The molecule has 25 heavy (non-hydrogen) atoms. The van der Waals surface area contributed by atoms with E-state index in [2.05, 4.69) is 5.32 Å². The largest absolute Gasteiger partial charge is 0.491 e. The molecule has 0 aliphatic carbocycles. The van der Waals surface area contributed by atoms with Gasteiger partial charge in [0.05, 0.1) is 18.7 Å². The molecule has 0 saturated heterocycles. The molecule has 0 radical (unpaired) electrons. The molecule has 2 aromatic rings. The molecule has 132 valence electrons. The van der Waals surface area contributed by atoms with E-state index in [0.717, 1.165) is 12.0 Å². The summed E-state index contributed by atoms with van der Waals surface area (Å²) in [7, 11) is 1.54. The van der Waals surface area contributed by atoms with E-state index in [1.54, 1.807) is 25.3 Å². The predicted molar refractivity (Wildman–Crippen MR) is 101 cm³/mol. The third-order valence-corrected chi connectivity index (χ3v) is 3.80. The number of methoxy groups -OCH3 is 1. The summed E-state index contributed by atoms with van der Waals surface area (Å²) in [6, 6.07) is 13.5. The molecule has 0 aliphatic rings. The maximum Gasteiger partial charge on any atom is 0.244 e. The van der Waals surface area contributed by atoms with E-state index in [1.165, 1.54) is 11.6 Å². The number of hydrogen-bond acceptors (Lipinski definition) is 3. The van der Waals surface area contributed by atoms with E-state index in [1.807, 2.05) is 37.3 Å². The molecule has 1 N–H and O–H groups in total. The van der Waals surface area contributed by atoms with Gasteiger partial charge in [0.25, 0.3) is 0 Å². The van der Waals surface area contributed by atoms with Gasteiger partial charge in [0, 0.05) is 12.6 Å². The Kier molecular flexibility index (Phi) is 7.36. The summed E-state index contributed by atoms with van der Waals surface area (Å²) in [5.41, 5.74) is 1.96. The first-order valence-electron chi connectivity index (χ1n) is 8.14. The third kappa shape index (κ3) is 5.84. The van der Waals surface area contributed by atoms with Gasteiger partial charge in [-0.2, -0.15) is 0 Å². The van der Waals surface area contributed by atoms with Gasteiger partial charge in [0.2, 0.25) is 5.91 Å². The first-order valence-corrected chi connectivity index (χ1v) is 8.52. The molecule has 1 amide bonds. The van der Waals surface area contributed by atoms with Crippen LogP contribution < -0.4 is 14.8 Å². The second kappa shape index (κ2) is 9.74. The van der Waals surface area contributed by atoms with Crippen molar-refractivity contribution in [1.29, 1.82) is 0 Å². The zero-order chi connectivity index (χ0) is 18.1. The lowest BCUT2D eigenvalue weighted by atomic mass is 10.1. The number of benzene rings is 2. The predicted octanol–water partition coefficient (Wildman–Crippen LogP) is 4.12. The van der Waals surface area contributed by atoms with Gasteiger partial charge >= 0.3 is 0 Å². The molecule has 0 saturated carbocycles. The van der Waals surface area contributed by atoms with Crippen LogP contribution in [0.5, 0.6) is 11.5 Å². The van der Waals surface area contributed by atoms with E-state index < -0.39 is 0 Å². The summed E-state index contributed by atoms with van der Waals surface area (Å²) < 4.78 is 10.8. The number of carbonyl (C=O) groups excluding carboxylic acids is 1. The summed E-state index contributed by atoms with van der Waals surface area (Å²) in [4.78, 5) is 11.9. The van der Waals surface area contributed by atoms with Crippen LogP contribution in [0.1, 0.15) is 18.1 Å². The molecule has 2 aromatic carbocycles. The van der Waals surface area contributed by atoms with Crippen molar-refractivity contribution < 1.29 is 14.3 Å². The first-order chi connectivity index (χ1) is 12.1. The van der Waals surface area contributed by atoms with Crippen LogP contribution in [-0.2, 0) is 11.2 Å². The molecule has 5 heteroatoms. The fourth-order valence-electron chi connectivity index (χ4n) is 2.35. The van der Waals surface area contributed by atoms with Gasteiger partial charge in [-0.25, -0.2) is 0 Å². The zero-order valence-electron chi connectivity index (χ0n) is 14.4. The Hall–Kier alpha value is -2.46. The standard InChI is InChI=1S/C20H22ClNO3/c1-3-25-18-14-16(13-17(21)20(18)24-2)9-10-19(23)22-12-11-15-7-5-4-6-8-15/h4-10,13-14H,3,11-12H2,1-2H3,(H,22,23)/b10-9+. The number of hydrogen-bond donors (Lipinski definition) is 1. The first kappa shape index (κ1) is 18.9. The van der Waals surface area contributed by atoms with Gasteiger partial charge in [-0.05, 0) is 42.7 Å². The number of amides is 1. The smallest absolute Gasteiger partial charge is 0.244 e. The van der Waals surface area contributed by atoms with Gasteiger partial charge in [0.1, 0.15) is 0 Å². The fourth-order valence-corrected chi connectivity index (χ4v) is 2.65. The Balaban J connectivity index is 1.94. The van der Waals surface area contributed by atoms with Crippen molar-refractivity contribution in [2.75, 3.05) is 20.3 Å². The molecule has 0 bridgehead atoms. The average Bonchev–Trinajstić information content (AvgIpc) is 2.61. The molecule has 0 heterocycles. The van der Waals surface area contributed by atoms with Crippen molar-refractivity contribution in [2.24, 2.45) is 0 Å². The van der Waals surface area contributed by atoms with Crippen LogP contribution in [0, 0.1) is 0 Å². The highest BCUT2D eigenvalue weighted by Crippen LogP contribution is 2.36. The van der Waals surface area contributed by atoms with Crippen LogP contribution in [-0.4, -0.2) is 26.2 Å². The highest BCUT2D eigenvalue weighted by molar-refractivity contribution is 6.32. The maximum absolute atomic E-state index is 11.9. The van der Waals surface area contributed by atoms with Crippen molar-refractivity contribution in [2.45, 2.75) is 13.3 Å². The quantitative estimate of drug-likeness (QED) is 0.721. The molecule has 0 fully saturated rings. The molecule has 2 rings (SSSR count). The summed E-state index contributed by atoms with van der Waals surface area (Å²) in [5.74, 6) is 0.899. The van der Waals surface area contributed by atoms with Crippen LogP contribution >= 0.6 is 11.6 Å². The van der Waals surface area contributed by atoms with Crippen molar-refractivity contribution in [3.05, 3.63) is 64.7 Å². The molecule has 0 aromatic heterocycles. The Morgan fingerprint density at radius 3 is 2.68 bits per heavy atom. The molecule has 0 aliphatic heterocycles. The van der Waals surface area contributed by atoms with Crippen molar-refractivity contribution >= 4 is 23.6 Å². The topological polar surface area (TPSA) is 47.6 Å². The lowest BCUT2D eigenvalue weighted by molar-refractivity contribution is -0.116. The van der Waals surface area contributed by atoms with E-state index in [9.17, 15) is 4.79 Å². The van der Waals surface area contributed by atoms with E-state index in [-0.39, 0.29) is 5.91 Å². The highest BCUT2D eigenvalue weighted by atomic mass is 35.5. The lowest BCUT2D eigenvalue weighted by Gasteiger charge is -2.11. The van der Waals surface area contributed by atoms with Gasteiger partial charge in [0.15, 0.2) is 11.5 Å². The Labute approximate surface area is 153 Å². The average molecular weight is 360 g/mol. The number of carbonyl (C=O) groups is 1. The maximum atomic E-state index is 11.9. The summed E-state index contributed by atoms with van der Waals surface area (Å²) in [6.07, 6.45) is 3.98. The van der Waals surface area contributed by atoms with Crippen molar-refractivity contribution in [3.8, 4) is 11.5 Å². The van der Waals surface area contributed by atoms with Gasteiger partial charge in [-0.15, -0.1) is 0 Å². The minimum atomic E-state index is -0.152. The molecular weight excluding hydrogens is 338 g/mol. The zero-order valence-corrected chi connectivity index (χ0v) is 15.2. The number of halogens is 1. The number of ether oxygens (including phenoxy) is 2. The Morgan fingerprint density at radius 2 is 2.00 bits per heavy atom. The second-order valence-corrected chi connectivity index (χ2v) is 5.73. The van der Waals surface area contributed by atoms with E-state index >= 15 is 0 Å². The monoisotopic (exact) mass is 359 g/mol. The Bertz CT molecular complexity index is 729. The van der Waals surface area contributed by atoms with Gasteiger partial charge < -0.3 is 14.8 Å². The van der Waals surface area contributed by atoms with Crippen molar-refractivity contribution in [1.82, 2.24) is 5.32 Å². The molecule has 0 unspecified atom stereocenters. The molecule has 0 spiro atoms. The van der Waals surface area contributed by atoms with Crippen LogP contribution in [0.4, 0.5) is 0 Å². The number of rotatable bonds is 8. The summed E-state index contributed by atoms with van der Waals surface area (Å²) in [5, 5.41) is 3.31. The van der Waals surface area contributed by atoms with Crippen LogP contribution in [0.2, 0.25) is 5.02 Å². The summed E-state index contributed by atoms with van der Waals surface area (Å²) in [6.45, 7) is 2.97. The summed E-state index contributed by atoms with van der Waals surface area (Å²) >= 11 is 6.20. The highest BCUT2D eigenvalue weighted by Gasteiger charge is 2.10. The van der Waals surface area contributed by atoms with Crippen LogP contribution in [0.25, 0.3) is 6.08 Å². The van der Waals surface area contributed by atoms with Crippen LogP contribution in [0.3, 0.4) is 0 Å². The normalized spacial score (nSPS) is 10.7. The SMILES string of the molecule is CCOc1cc(/C=C/C(=O)NCCc2ccccc2)cc(Cl)c1OC. The Morgan fingerprint density at radius 1 is 1.24 bits per heavy atom. The minimum Gasteiger partial charge on any atom is -0.491 e.